The number of hydrogen-bond donors (Lipinski definition) is 0. The normalized spacial score (nSPS) is 23.6. The molecule has 0 N–H and O–H groups in total. The Labute approximate surface area is 209 Å². The van der Waals surface area contributed by atoms with Crippen molar-refractivity contribution in [1.82, 2.24) is 14.9 Å². The monoisotopic (exact) mass is 530 g/mol. The molecule has 2 fully saturated rings. The van der Waals surface area contributed by atoms with Gasteiger partial charge in [-0.25, -0.2) is 14.4 Å². The van der Waals surface area contributed by atoms with Gasteiger partial charge in [-0.15, -0.1) is 0 Å². The van der Waals surface area contributed by atoms with Crippen LogP contribution in [0, 0.1) is 18.8 Å². The highest BCUT2D eigenvalue weighted by atomic mass is 79.9. The minimum absolute atomic E-state index is 0.0193. The lowest BCUT2D eigenvalue weighted by atomic mass is 9.83. The first-order valence-electron chi connectivity index (χ1n) is 12.3. The molecular formula is C26H32BrFN4O2. The number of hydrogen-bond acceptors (Lipinski definition) is 5. The minimum atomic E-state index is -0.849. The summed E-state index contributed by atoms with van der Waals surface area (Å²) in [5.74, 6) is 1.39. The van der Waals surface area contributed by atoms with Gasteiger partial charge in [0.2, 0.25) is 0 Å². The number of piperidine rings is 1. The number of aromatic nitrogens is 2. The maximum atomic E-state index is 14.2. The summed E-state index contributed by atoms with van der Waals surface area (Å²) in [6.07, 6.45) is 5.17. The lowest BCUT2D eigenvalue weighted by Crippen LogP contribution is -2.41. The van der Waals surface area contributed by atoms with Crippen molar-refractivity contribution in [3.05, 3.63) is 51.4 Å². The Bertz CT molecular complexity index is 1040. The molecule has 1 amide bonds. The van der Waals surface area contributed by atoms with Gasteiger partial charge in [0, 0.05) is 42.8 Å². The van der Waals surface area contributed by atoms with Gasteiger partial charge in [0.1, 0.15) is 24.0 Å². The summed E-state index contributed by atoms with van der Waals surface area (Å²) in [5, 5.41) is 0. The number of anilines is 1. The highest BCUT2D eigenvalue weighted by Crippen LogP contribution is 2.32. The molecule has 4 heterocycles. The molecule has 2 aromatic rings. The van der Waals surface area contributed by atoms with Crippen molar-refractivity contribution in [2.24, 2.45) is 11.8 Å². The van der Waals surface area contributed by atoms with Crippen LogP contribution < -0.4 is 4.90 Å². The smallest absolute Gasteiger partial charge is 0.272 e. The number of benzene rings is 1. The van der Waals surface area contributed by atoms with Crippen molar-refractivity contribution in [1.29, 1.82) is 0 Å². The molecule has 0 spiro atoms. The second kappa shape index (κ2) is 10.3. The molecule has 2 atom stereocenters. The quantitative estimate of drug-likeness (QED) is 0.571. The van der Waals surface area contributed by atoms with Crippen LogP contribution in [0.4, 0.5) is 10.2 Å². The van der Waals surface area contributed by atoms with Crippen LogP contribution in [0.25, 0.3) is 0 Å². The molecule has 3 aliphatic heterocycles. The van der Waals surface area contributed by atoms with Crippen molar-refractivity contribution in [2.45, 2.75) is 51.7 Å². The van der Waals surface area contributed by atoms with E-state index in [1.165, 1.54) is 17.5 Å². The summed E-state index contributed by atoms with van der Waals surface area (Å²) in [5.41, 5.74) is 3.99. The summed E-state index contributed by atoms with van der Waals surface area (Å²) >= 11 is 3.57. The SMILES string of the molecule is Cc1c(C(=O)N2CCC(C[C@@H]3CCOC[C@@H]3F)CC2)ncnc1N1CCc2ccc(Br)cc2C1. The summed E-state index contributed by atoms with van der Waals surface area (Å²) in [6.45, 7) is 5.90. The number of ether oxygens (including phenoxy) is 1. The van der Waals surface area contributed by atoms with E-state index in [4.69, 9.17) is 4.74 Å². The number of halogens is 2. The van der Waals surface area contributed by atoms with E-state index in [-0.39, 0.29) is 18.4 Å². The number of rotatable bonds is 4. The van der Waals surface area contributed by atoms with Gasteiger partial charge in [0.15, 0.2) is 0 Å². The van der Waals surface area contributed by atoms with Gasteiger partial charge < -0.3 is 14.5 Å². The molecule has 3 aliphatic rings. The summed E-state index contributed by atoms with van der Waals surface area (Å²) in [7, 11) is 0. The van der Waals surface area contributed by atoms with E-state index in [9.17, 15) is 9.18 Å². The molecule has 2 saturated heterocycles. The third-order valence-electron chi connectivity index (χ3n) is 7.70. The topological polar surface area (TPSA) is 58.6 Å². The van der Waals surface area contributed by atoms with Gasteiger partial charge in [0.05, 0.1) is 6.61 Å². The van der Waals surface area contributed by atoms with E-state index in [1.54, 1.807) is 0 Å². The number of likely N-dealkylation sites (tertiary alicyclic amines) is 1. The van der Waals surface area contributed by atoms with Crippen LogP contribution in [-0.2, 0) is 17.7 Å². The Morgan fingerprint density at radius 2 is 2.00 bits per heavy atom. The number of carbonyl (C=O) groups excluding carboxylic acids is 1. The van der Waals surface area contributed by atoms with Crippen LogP contribution in [0.3, 0.4) is 0 Å². The van der Waals surface area contributed by atoms with Gasteiger partial charge in [-0.2, -0.15) is 0 Å². The average molecular weight is 531 g/mol. The highest BCUT2D eigenvalue weighted by Gasteiger charge is 2.32. The summed E-state index contributed by atoms with van der Waals surface area (Å²) in [4.78, 5) is 26.5. The number of fused-ring (bicyclic) bond motifs is 1. The lowest BCUT2D eigenvalue weighted by Gasteiger charge is -2.35. The average Bonchev–Trinajstić information content (AvgIpc) is 2.85. The van der Waals surface area contributed by atoms with Gasteiger partial charge >= 0.3 is 0 Å². The fourth-order valence-electron chi connectivity index (χ4n) is 5.64. The third-order valence-corrected chi connectivity index (χ3v) is 8.19. The molecule has 1 aromatic carbocycles. The Hall–Kier alpha value is -2.06. The minimum Gasteiger partial charge on any atom is -0.378 e. The molecule has 0 saturated carbocycles. The summed E-state index contributed by atoms with van der Waals surface area (Å²) in [6, 6.07) is 6.43. The van der Waals surface area contributed by atoms with E-state index in [0.29, 0.717) is 31.3 Å². The van der Waals surface area contributed by atoms with E-state index in [2.05, 4.69) is 49.0 Å². The molecule has 1 aromatic heterocycles. The molecule has 5 rings (SSSR count). The number of carbonyl (C=O) groups is 1. The number of amides is 1. The zero-order chi connectivity index (χ0) is 23.7. The Morgan fingerprint density at radius 3 is 2.79 bits per heavy atom. The number of alkyl halides is 1. The van der Waals surface area contributed by atoms with Crippen LogP contribution in [0.2, 0.25) is 0 Å². The molecule has 182 valence electrons. The van der Waals surface area contributed by atoms with Gasteiger partial charge in [0.25, 0.3) is 5.91 Å². The van der Waals surface area contributed by atoms with Crippen LogP contribution in [-0.4, -0.2) is 59.8 Å². The van der Waals surface area contributed by atoms with E-state index >= 15 is 0 Å². The molecule has 0 aliphatic carbocycles. The first-order valence-corrected chi connectivity index (χ1v) is 13.1. The maximum absolute atomic E-state index is 14.2. The van der Waals surface area contributed by atoms with Crippen molar-refractivity contribution in [3.63, 3.8) is 0 Å². The fraction of sp³-hybridized carbons (Fsp3) is 0.577. The first kappa shape index (κ1) is 23.7. The fourth-order valence-corrected chi connectivity index (χ4v) is 6.05. The predicted octanol–water partition coefficient (Wildman–Crippen LogP) is 4.73. The molecule has 34 heavy (non-hydrogen) atoms. The predicted molar refractivity (Wildman–Crippen MR) is 133 cm³/mol. The molecule has 6 nitrogen and oxygen atoms in total. The maximum Gasteiger partial charge on any atom is 0.272 e. The standard InChI is InChI=1S/C26H32BrFN4O2/c1-17-24(26(33)31-8-4-18(5-9-31)12-20-7-11-34-15-23(20)28)29-16-30-25(17)32-10-6-19-2-3-22(27)13-21(19)14-32/h2-3,13,16,18,20,23H,4-12,14-15H2,1H3/t20-,23-/m0/s1. The molecular weight excluding hydrogens is 499 g/mol. The van der Waals surface area contributed by atoms with Crippen LogP contribution in [0.1, 0.15) is 52.9 Å². The van der Waals surface area contributed by atoms with Crippen molar-refractivity contribution in [2.75, 3.05) is 37.7 Å². The van der Waals surface area contributed by atoms with Crippen molar-refractivity contribution >= 4 is 27.7 Å². The third kappa shape index (κ3) is 4.98. The Balaban J connectivity index is 1.23. The zero-order valence-electron chi connectivity index (χ0n) is 19.7. The van der Waals surface area contributed by atoms with E-state index in [0.717, 1.165) is 61.0 Å². The van der Waals surface area contributed by atoms with Crippen LogP contribution in [0.5, 0.6) is 0 Å². The van der Waals surface area contributed by atoms with Crippen LogP contribution >= 0.6 is 15.9 Å². The Morgan fingerprint density at radius 1 is 1.18 bits per heavy atom. The zero-order valence-corrected chi connectivity index (χ0v) is 21.3. The van der Waals surface area contributed by atoms with Gasteiger partial charge in [-0.1, -0.05) is 22.0 Å². The molecule has 0 unspecified atom stereocenters. The largest absolute Gasteiger partial charge is 0.378 e. The number of nitrogens with zero attached hydrogens (tertiary/aromatic N) is 4. The van der Waals surface area contributed by atoms with Crippen LogP contribution in [0.15, 0.2) is 29.0 Å². The van der Waals surface area contributed by atoms with Crippen molar-refractivity contribution < 1.29 is 13.9 Å². The molecule has 0 radical (unpaired) electrons. The van der Waals surface area contributed by atoms with Crippen molar-refractivity contribution in [3.8, 4) is 0 Å². The van der Waals surface area contributed by atoms with Gasteiger partial charge in [-0.3, -0.25) is 4.79 Å². The summed E-state index contributed by atoms with van der Waals surface area (Å²) < 4.78 is 20.5. The van der Waals surface area contributed by atoms with Gasteiger partial charge in [-0.05, 0) is 74.1 Å². The Kier molecular flexibility index (Phi) is 7.16. The second-order valence-corrected chi connectivity index (χ2v) is 10.8. The highest BCUT2D eigenvalue weighted by molar-refractivity contribution is 9.10. The van der Waals surface area contributed by atoms with E-state index in [1.807, 2.05) is 11.8 Å². The van der Waals surface area contributed by atoms with E-state index < -0.39 is 6.17 Å². The second-order valence-electron chi connectivity index (χ2n) is 9.87. The first-order chi connectivity index (χ1) is 16.5. The molecule has 8 heteroatoms. The lowest BCUT2D eigenvalue weighted by molar-refractivity contribution is -0.0119. The molecule has 0 bridgehead atoms.